The monoisotopic (exact) mass is 283 g/mol. The first kappa shape index (κ1) is 13.3. The van der Waals surface area contributed by atoms with Crippen LogP contribution in [0.3, 0.4) is 0 Å². The van der Waals surface area contributed by atoms with Crippen molar-refractivity contribution in [3.63, 3.8) is 0 Å². The fraction of sp³-hybridized carbons (Fsp3) is 0.143. The molecule has 0 aliphatic rings. The van der Waals surface area contributed by atoms with Crippen LogP contribution in [0.4, 0.5) is 4.39 Å². The maximum Gasteiger partial charge on any atom is 0.124 e. The fourth-order valence-electron chi connectivity index (χ4n) is 1.61. The molecular formula is C14H12Cl2FN. The first-order chi connectivity index (χ1) is 8.65. The summed E-state index contributed by atoms with van der Waals surface area (Å²) < 4.78 is 12.9. The predicted octanol–water partition coefficient (Wildman–Crippen LogP) is 4.42. The van der Waals surface area contributed by atoms with Crippen molar-refractivity contribution in [3.8, 4) is 0 Å². The lowest BCUT2D eigenvalue weighted by Gasteiger charge is -2.07. The highest BCUT2D eigenvalue weighted by Crippen LogP contribution is 2.17. The van der Waals surface area contributed by atoms with E-state index in [2.05, 4.69) is 5.32 Å². The molecule has 0 aliphatic heterocycles. The molecular weight excluding hydrogens is 272 g/mol. The highest BCUT2D eigenvalue weighted by Gasteiger charge is 2.01. The molecule has 2 aromatic carbocycles. The molecule has 2 rings (SSSR count). The number of nitrogens with one attached hydrogen (secondary N) is 1. The van der Waals surface area contributed by atoms with E-state index in [1.165, 1.54) is 12.1 Å². The van der Waals surface area contributed by atoms with E-state index in [0.29, 0.717) is 18.1 Å². The van der Waals surface area contributed by atoms with Gasteiger partial charge in [0.15, 0.2) is 0 Å². The second-order valence-corrected chi connectivity index (χ2v) is 4.81. The summed E-state index contributed by atoms with van der Waals surface area (Å²) in [6.07, 6.45) is 0. The Morgan fingerprint density at radius 2 is 1.67 bits per heavy atom. The van der Waals surface area contributed by atoms with E-state index < -0.39 is 0 Å². The smallest absolute Gasteiger partial charge is 0.124 e. The molecule has 1 nitrogen and oxygen atoms in total. The average Bonchev–Trinajstić information content (AvgIpc) is 2.34. The van der Waals surface area contributed by atoms with Gasteiger partial charge in [-0.2, -0.15) is 0 Å². The van der Waals surface area contributed by atoms with Crippen molar-refractivity contribution in [2.45, 2.75) is 13.1 Å². The van der Waals surface area contributed by atoms with Crippen LogP contribution in [0, 0.1) is 5.82 Å². The van der Waals surface area contributed by atoms with E-state index in [4.69, 9.17) is 23.2 Å². The molecule has 0 amide bonds. The summed E-state index contributed by atoms with van der Waals surface area (Å²) in [7, 11) is 0. The second-order valence-electron chi connectivity index (χ2n) is 3.97. The van der Waals surface area contributed by atoms with Gasteiger partial charge in [0.2, 0.25) is 0 Å². The molecule has 4 heteroatoms. The Hall–Kier alpha value is -1.09. The third kappa shape index (κ3) is 3.70. The molecule has 94 valence electrons. The Labute approximate surface area is 116 Å². The summed E-state index contributed by atoms with van der Waals surface area (Å²) >= 11 is 11.7. The number of hydrogen-bond donors (Lipinski definition) is 1. The first-order valence-electron chi connectivity index (χ1n) is 5.54. The predicted molar refractivity (Wildman–Crippen MR) is 73.4 cm³/mol. The van der Waals surface area contributed by atoms with E-state index >= 15 is 0 Å². The van der Waals surface area contributed by atoms with Gasteiger partial charge in [0, 0.05) is 23.1 Å². The summed E-state index contributed by atoms with van der Waals surface area (Å²) in [6.45, 7) is 1.31. The highest BCUT2D eigenvalue weighted by atomic mass is 35.5. The van der Waals surface area contributed by atoms with Crippen molar-refractivity contribution >= 4 is 23.2 Å². The number of rotatable bonds is 4. The van der Waals surface area contributed by atoms with Gasteiger partial charge < -0.3 is 5.32 Å². The van der Waals surface area contributed by atoms with E-state index in [1.54, 1.807) is 6.07 Å². The maximum atomic E-state index is 12.9. The van der Waals surface area contributed by atoms with Crippen LogP contribution in [0.15, 0.2) is 42.5 Å². The minimum absolute atomic E-state index is 0.318. The molecule has 0 bridgehead atoms. The van der Waals surface area contributed by atoms with Gasteiger partial charge in [-0.25, -0.2) is 4.39 Å². The number of halogens is 3. The lowest BCUT2D eigenvalue weighted by molar-refractivity contribution is 0.625. The molecule has 0 radical (unpaired) electrons. The van der Waals surface area contributed by atoms with E-state index in [-0.39, 0.29) is 5.82 Å². The second kappa shape index (κ2) is 6.19. The molecule has 0 saturated heterocycles. The van der Waals surface area contributed by atoms with Gasteiger partial charge in [0.25, 0.3) is 0 Å². The molecule has 0 saturated carbocycles. The zero-order valence-electron chi connectivity index (χ0n) is 9.59. The summed E-state index contributed by atoms with van der Waals surface area (Å²) in [4.78, 5) is 0. The van der Waals surface area contributed by atoms with Gasteiger partial charge in [-0.3, -0.25) is 0 Å². The Balaban J connectivity index is 1.90. The minimum Gasteiger partial charge on any atom is -0.309 e. The van der Waals surface area contributed by atoms with Crippen LogP contribution >= 0.6 is 23.2 Å². The third-order valence-electron chi connectivity index (χ3n) is 2.57. The van der Waals surface area contributed by atoms with Gasteiger partial charge in [0.1, 0.15) is 5.82 Å². The quantitative estimate of drug-likeness (QED) is 0.876. The molecule has 0 unspecified atom stereocenters. The van der Waals surface area contributed by atoms with Crippen molar-refractivity contribution in [1.29, 1.82) is 0 Å². The molecule has 0 aliphatic carbocycles. The standard InChI is InChI=1S/C14H12Cl2FN/c15-12-4-1-10(2-5-12)8-18-9-11-3-6-13(17)7-14(11)16/h1-7,18H,8-9H2. The Bertz CT molecular complexity index is 526. The Morgan fingerprint density at radius 1 is 0.944 bits per heavy atom. The van der Waals surface area contributed by atoms with Crippen molar-refractivity contribution in [1.82, 2.24) is 5.32 Å². The van der Waals surface area contributed by atoms with Gasteiger partial charge in [-0.05, 0) is 35.4 Å². The van der Waals surface area contributed by atoms with Crippen molar-refractivity contribution < 1.29 is 4.39 Å². The van der Waals surface area contributed by atoms with Crippen LogP contribution in [-0.2, 0) is 13.1 Å². The van der Waals surface area contributed by atoms with Crippen LogP contribution < -0.4 is 5.32 Å². The Morgan fingerprint density at radius 3 is 2.33 bits per heavy atom. The molecule has 1 N–H and O–H groups in total. The van der Waals surface area contributed by atoms with Crippen LogP contribution in [0.5, 0.6) is 0 Å². The first-order valence-corrected chi connectivity index (χ1v) is 6.30. The van der Waals surface area contributed by atoms with Crippen LogP contribution in [-0.4, -0.2) is 0 Å². The maximum absolute atomic E-state index is 12.9. The highest BCUT2D eigenvalue weighted by molar-refractivity contribution is 6.31. The van der Waals surface area contributed by atoms with Crippen molar-refractivity contribution in [2.24, 2.45) is 0 Å². The normalized spacial score (nSPS) is 10.6. The van der Waals surface area contributed by atoms with Crippen molar-refractivity contribution in [2.75, 3.05) is 0 Å². The van der Waals surface area contributed by atoms with Crippen LogP contribution in [0.2, 0.25) is 10.0 Å². The van der Waals surface area contributed by atoms with Gasteiger partial charge >= 0.3 is 0 Å². The van der Waals surface area contributed by atoms with Gasteiger partial charge in [-0.1, -0.05) is 41.4 Å². The van der Waals surface area contributed by atoms with Crippen LogP contribution in [0.1, 0.15) is 11.1 Å². The van der Waals surface area contributed by atoms with E-state index in [0.717, 1.165) is 16.1 Å². The minimum atomic E-state index is -0.318. The lowest BCUT2D eigenvalue weighted by Crippen LogP contribution is -2.12. The average molecular weight is 284 g/mol. The third-order valence-corrected chi connectivity index (χ3v) is 3.18. The zero-order valence-corrected chi connectivity index (χ0v) is 11.1. The summed E-state index contributed by atoms with van der Waals surface area (Å²) in [5.41, 5.74) is 2.02. The fourth-order valence-corrected chi connectivity index (χ4v) is 1.97. The SMILES string of the molecule is Fc1ccc(CNCc2ccc(Cl)cc2)c(Cl)c1. The molecule has 0 atom stereocenters. The molecule has 0 heterocycles. The summed E-state index contributed by atoms with van der Waals surface area (Å²) in [5.74, 6) is -0.318. The van der Waals surface area contributed by atoms with Gasteiger partial charge in [-0.15, -0.1) is 0 Å². The largest absolute Gasteiger partial charge is 0.309 e. The molecule has 18 heavy (non-hydrogen) atoms. The molecule has 0 spiro atoms. The molecule has 2 aromatic rings. The molecule has 0 aromatic heterocycles. The molecule has 0 fully saturated rings. The number of benzene rings is 2. The van der Waals surface area contributed by atoms with Crippen LogP contribution in [0.25, 0.3) is 0 Å². The number of hydrogen-bond acceptors (Lipinski definition) is 1. The lowest BCUT2D eigenvalue weighted by atomic mass is 10.2. The summed E-state index contributed by atoms with van der Waals surface area (Å²) in [5, 5.41) is 4.41. The summed E-state index contributed by atoms with van der Waals surface area (Å²) in [6, 6.07) is 12.0. The Kier molecular flexibility index (Phi) is 4.59. The zero-order chi connectivity index (χ0) is 13.0. The van der Waals surface area contributed by atoms with Crippen molar-refractivity contribution in [3.05, 3.63) is 69.5 Å². The van der Waals surface area contributed by atoms with E-state index in [9.17, 15) is 4.39 Å². The van der Waals surface area contributed by atoms with E-state index in [1.807, 2.05) is 24.3 Å². The van der Waals surface area contributed by atoms with Gasteiger partial charge in [0.05, 0.1) is 0 Å². The topological polar surface area (TPSA) is 12.0 Å².